The Balaban J connectivity index is 1.98. The van der Waals surface area contributed by atoms with Crippen LogP contribution >= 0.6 is 11.6 Å². The second-order valence-corrected chi connectivity index (χ2v) is 5.02. The van der Waals surface area contributed by atoms with Gasteiger partial charge in [-0.25, -0.2) is 0 Å². The average Bonchev–Trinajstić information content (AvgIpc) is 2.15. The third-order valence-electron chi connectivity index (χ3n) is 2.79. The summed E-state index contributed by atoms with van der Waals surface area (Å²) in [7, 11) is 0. The van der Waals surface area contributed by atoms with Crippen LogP contribution in [0.4, 0.5) is 0 Å². The summed E-state index contributed by atoms with van der Waals surface area (Å²) in [6.07, 6.45) is 0.644. The zero-order valence-electron chi connectivity index (χ0n) is 9.82. The lowest BCUT2D eigenvalue weighted by Crippen LogP contribution is -2.44. The Morgan fingerprint density at radius 1 is 1.31 bits per heavy atom. The minimum atomic E-state index is 0.322. The molecule has 1 aromatic carbocycles. The molecule has 1 aliphatic rings. The Labute approximate surface area is 102 Å². The molecule has 2 nitrogen and oxygen atoms in total. The van der Waals surface area contributed by atoms with Gasteiger partial charge in [-0.15, -0.1) is 0 Å². The van der Waals surface area contributed by atoms with Crippen LogP contribution in [0.1, 0.15) is 19.4 Å². The van der Waals surface area contributed by atoms with Crippen molar-refractivity contribution >= 4 is 11.6 Å². The fourth-order valence-corrected chi connectivity index (χ4v) is 2.52. The van der Waals surface area contributed by atoms with Crippen molar-refractivity contribution in [3.8, 4) is 0 Å². The fraction of sp³-hybridized carbons (Fsp3) is 0.538. The van der Waals surface area contributed by atoms with E-state index in [1.54, 1.807) is 0 Å². The first-order valence-electron chi connectivity index (χ1n) is 5.76. The zero-order valence-corrected chi connectivity index (χ0v) is 10.6. The molecule has 0 spiro atoms. The maximum absolute atomic E-state index is 5.98. The van der Waals surface area contributed by atoms with E-state index < -0.39 is 0 Å². The van der Waals surface area contributed by atoms with Gasteiger partial charge in [0.1, 0.15) is 0 Å². The topological polar surface area (TPSA) is 12.5 Å². The lowest BCUT2D eigenvalue weighted by Gasteiger charge is -2.35. The molecule has 1 heterocycles. The van der Waals surface area contributed by atoms with Gasteiger partial charge >= 0.3 is 0 Å². The van der Waals surface area contributed by atoms with Crippen molar-refractivity contribution in [1.29, 1.82) is 0 Å². The van der Waals surface area contributed by atoms with Crippen LogP contribution in [0.15, 0.2) is 24.3 Å². The van der Waals surface area contributed by atoms with Crippen molar-refractivity contribution in [3.05, 3.63) is 34.9 Å². The smallest absolute Gasteiger partial charge is 0.0678 e. The van der Waals surface area contributed by atoms with Crippen LogP contribution in [0.25, 0.3) is 0 Å². The van der Waals surface area contributed by atoms with Crippen LogP contribution in [-0.4, -0.2) is 30.2 Å². The molecule has 0 bridgehead atoms. The second kappa shape index (κ2) is 5.17. The minimum absolute atomic E-state index is 0.322. The molecule has 0 N–H and O–H groups in total. The number of hydrogen-bond acceptors (Lipinski definition) is 2. The summed E-state index contributed by atoms with van der Waals surface area (Å²) < 4.78 is 5.71. The Morgan fingerprint density at radius 3 is 2.62 bits per heavy atom. The van der Waals surface area contributed by atoms with E-state index in [0.29, 0.717) is 12.2 Å². The minimum Gasteiger partial charge on any atom is -0.373 e. The summed E-state index contributed by atoms with van der Waals surface area (Å²) in [5.74, 6) is 0. The molecular weight excluding hydrogens is 222 g/mol. The zero-order chi connectivity index (χ0) is 11.5. The summed E-state index contributed by atoms with van der Waals surface area (Å²) in [6, 6.07) is 8.07. The maximum atomic E-state index is 5.98. The highest BCUT2D eigenvalue weighted by Crippen LogP contribution is 2.16. The molecule has 1 fully saturated rings. The van der Waals surface area contributed by atoms with E-state index in [1.807, 2.05) is 18.2 Å². The van der Waals surface area contributed by atoms with Gasteiger partial charge in [-0.05, 0) is 31.5 Å². The van der Waals surface area contributed by atoms with E-state index in [0.717, 1.165) is 24.7 Å². The number of morpholine rings is 1. The van der Waals surface area contributed by atoms with Gasteiger partial charge in [0.2, 0.25) is 0 Å². The first-order valence-corrected chi connectivity index (χ1v) is 6.13. The first-order chi connectivity index (χ1) is 7.63. The van der Waals surface area contributed by atoms with Crippen molar-refractivity contribution in [2.24, 2.45) is 0 Å². The maximum Gasteiger partial charge on any atom is 0.0678 e. The highest BCUT2D eigenvalue weighted by Gasteiger charge is 2.21. The number of benzene rings is 1. The van der Waals surface area contributed by atoms with Gasteiger partial charge in [0.05, 0.1) is 12.2 Å². The van der Waals surface area contributed by atoms with Crippen molar-refractivity contribution in [3.63, 3.8) is 0 Å². The Morgan fingerprint density at radius 2 is 2.00 bits per heavy atom. The number of rotatable bonds is 2. The first kappa shape index (κ1) is 11.9. The molecule has 1 saturated heterocycles. The molecule has 88 valence electrons. The summed E-state index contributed by atoms with van der Waals surface area (Å²) in [5.41, 5.74) is 1.27. The summed E-state index contributed by atoms with van der Waals surface area (Å²) in [4.78, 5) is 2.42. The van der Waals surface area contributed by atoms with Crippen LogP contribution in [0.5, 0.6) is 0 Å². The molecule has 1 aromatic rings. The van der Waals surface area contributed by atoms with Crippen LogP contribution in [0, 0.1) is 0 Å². The molecule has 3 heteroatoms. The lowest BCUT2D eigenvalue weighted by atomic mass is 10.1. The molecule has 2 atom stereocenters. The van der Waals surface area contributed by atoms with E-state index in [1.165, 1.54) is 5.56 Å². The van der Waals surface area contributed by atoms with E-state index in [2.05, 4.69) is 24.8 Å². The molecular formula is C13H18ClNO. The normalized spacial score (nSPS) is 26.9. The van der Waals surface area contributed by atoms with E-state index in [9.17, 15) is 0 Å². The van der Waals surface area contributed by atoms with E-state index in [-0.39, 0.29) is 0 Å². The fourth-order valence-electron chi connectivity index (χ4n) is 2.31. The Hall–Kier alpha value is -0.570. The van der Waals surface area contributed by atoms with Crippen LogP contribution in [0.3, 0.4) is 0 Å². The third kappa shape index (κ3) is 3.21. The number of ether oxygens (including phenoxy) is 1. The van der Waals surface area contributed by atoms with Gasteiger partial charge in [0.15, 0.2) is 0 Å². The van der Waals surface area contributed by atoms with Gasteiger partial charge in [-0.1, -0.05) is 23.7 Å². The van der Waals surface area contributed by atoms with Gasteiger partial charge in [-0.2, -0.15) is 0 Å². The largest absolute Gasteiger partial charge is 0.373 e. The molecule has 1 aliphatic heterocycles. The van der Waals surface area contributed by atoms with Crippen molar-refractivity contribution in [2.45, 2.75) is 32.6 Å². The van der Waals surface area contributed by atoms with Crippen molar-refractivity contribution < 1.29 is 4.74 Å². The van der Waals surface area contributed by atoms with Crippen LogP contribution < -0.4 is 0 Å². The SMILES string of the molecule is C[C@H]1CN(Cc2cccc(Cl)c2)C[C@H](C)O1. The molecule has 0 aromatic heterocycles. The molecule has 0 saturated carbocycles. The second-order valence-electron chi connectivity index (χ2n) is 4.58. The van der Waals surface area contributed by atoms with Crippen LogP contribution in [-0.2, 0) is 11.3 Å². The summed E-state index contributed by atoms with van der Waals surface area (Å²) in [5, 5.41) is 0.812. The molecule has 2 rings (SSSR count). The number of hydrogen-bond donors (Lipinski definition) is 0. The Kier molecular flexibility index (Phi) is 3.85. The highest BCUT2D eigenvalue weighted by molar-refractivity contribution is 6.30. The lowest BCUT2D eigenvalue weighted by molar-refractivity contribution is -0.0704. The van der Waals surface area contributed by atoms with Gasteiger partial charge < -0.3 is 4.74 Å². The molecule has 16 heavy (non-hydrogen) atoms. The predicted molar refractivity (Wildman–Crippen MR) is 66.7 cm³/mol. The Bertz CT molecular complexity index is 346. The quantitative estimate of drug-likeness (QED) is 0.787. The highest BCUT2D eigenvalue weighted by atomic mass is 35.5. The summed E-state index contributed by atoms with van der Waals surface area (Å²) >= 11 is 5.98. The van der Waals surface area contributed by atoms with Gasteiger partial charge in [0, 0.05) is 24.7 Å². The molecule has 0 aliphatic carbocycles. The molecule has 0 amide bonds. The third-order valence-corrected chi connectivity index (χ3v) is 3.03. The number of halogens is 1. The van der Waals surface area contributed by atoms with Crippen molar-refractivity contribution in [1.82, 2.24) is 4.90 Å². The van der Waals surface area contributed by atoms with Gasteiger partial charge in [-0.3, -0.25) is 4.90 Å². The monoisotopic (exact) mass is 239 g/mol. The summed E-state index contributed by atoms with van der Waals surface area (Å²) in [6.45, 7) is 7.20. The van der Waals surface area contributed by atoms with E-state index in [4.69, 9.17) is 16.3 Å². The van der Waals surface area contributed by atoms with Gasteiger partial charge in [0.25, 0.3) is 0 Å². The standard InChI is InChI=1S/C13H18ClNO/c1-10-7-15(8-11(2)16-10)9-12-4-3-5-13(14)6-12/h3-6,10-11H,7-9H2,1-2H3/t10-,11-/m0/s1. The number of nitrogens with zero attached hydrogens (tertiary/aromatic N) is 1. The van der Waals surface area contributed by atoms with E-state index >= 15 is 0 Å². The molecule has 0 radical (unpaired) electrons. The predicted octanol–water partition coefficient (Wildman–Crippen LogP) is 2.95. The average molecular weight is 240 g/mol. The molecule has 0 unspecified atom stereocenters. The van der Waals surface area contributed by atoms with Crippen molar-refractivity contribution in [2.75, 3.05) is 13.1 Å². The van der Waals surface area contributed by atoms with Crippen LogP contribution in [0.2, 0.25) is 5.02 Å².